The van der Waals surface area contributed by atoms with Crippen LogP contribution >= 0.6 is 23.8 Å². The second-order valence-corrected chi connectivity index (χ2v) is 10.7. The minimum absolute atomic E-state index is 0.0274. The van der Waals surface area contributed by atoms with Gasteiger partial charge in [-0.1, -0.05) is 23.7 Å². The summed E-state index contributed by atoms with van der Waals surface area (Å²) in [5.41, 5.74) is 5.65. The Bertz CT molecular complexity index is 1070. The summed E-state index contributed by atoms with van der Waals surface area (Å²) in [6.45, 7) is 8.50. The van der Waals surface area contributed by atoms with Gasteiger partial charge in [-0.05, 0) is 95.5 Å². The Hall–Kier alpha value is -2.15. The van der Waals surface area contributed by atoms with Crippen LogP contribution in [0.15, 0.2) is 42.6 Å². The first-order valence-corrected chi connectivity index (χ1v) is 12.3. The first kappa shape index (κ1) is 24.0. The fourth-order valence-corrected chi connectivity index (χ4v) is 5.56. The number of likely N-dealkylation sites (N-methyl/N-ethyl adjacent to an activating group) is 1. The van der Waals surface area contributed by atoms with Gasteiger partial charge in [-0.15, -0.1) is 0 Å². The zero-order chi connectivity index (χ0) is 23.9. The average Bonchev–Trinajstić information content (AvgIpc) is 3.08. The van der Waals surface area contributed by atoms with Gasteiger partial charge in [-0.25, -0.2) is 0 Å². The third kappa shape index (κ3) is 4.61. The molecule has 1 saturated heterocycles. The highest BCUT2D eigenvalue weighted by atomic mass is 35.5. The summed E-state index contributed by atoms with van der Waals surface area (Å²) in [5.74, 6) is 0. The maximum Gasteiger partial charge on any atom is 0.170 e. The molecule has 33 heavy (non-hydrogen) atoms. The van der Waals surface area contributed by atoms with Crippen LogP contribution in [0.3, 0.4) is 0 Å². The number of fused-ring (bicyclic) bond motifs is 1. The average molecular weight is 484 g/mol. The van der Waals surface area contributed by atoms with E-state index in [0.717, 1.165) is 46.6 Å². The molecule has 1 aromatic heterocycles. The Morgan fingerprint density at radius 3 is 2.67 bits per heavy atom. The van der Waals surface area contributed by atoms with Crippen LogP contribution in [0.4, 0.5) is 5.69 Å². The van der Waals surface area contributed by atoms with Crippen molar-refractivity contribution in [3.05, 3.63) is 64.4 Å². The molecule has 4 rings (SSSR count). The van der Waals surface area contributed by atoms with E-state index in [0.29, 0.717) is 0 Å². The van der Waals surface area contributed by atoms with Crippen LogP contribution in [0.25, 0.3) is 5.57 Å². The van der Waals surface area contributed by atoms with Crippen LogP contribution in [0.1, 0.15) is 56.1 Å². The van der Waals surface area contributed by atoms with E-state index in [4.69, 9.17) is 23.8 Å². The second kappa shape index (κ2) is 9.24. The summed E-state index contributed by atoms with van der Waals surface area (Å²) in [6, 6.07) is 10.3. The van der Waals surface area contributed by atoms with E-state index in [1.807, 2.05) is 18.3 Å². The lowest BCUT2D eigenvalue weighted by atomic mass is 9.86. The Kier molecular flexibility index (Phi) is 6.72. The number of hydrogen-bond donors (Lipinski definition) is 1. The van der Waals surface area contributed by atoms with Gasteiger partial charge in [0.1, 0.15) is 0 Å². The Morgan fingerprint density at radius 1 is 1.24 bits per heavy atom. The van der Waals surface area contributed by atoms with Gasteiger partial charge in [-0.2, -0.15) is 0 Å². The fraction of sp³-hybridized carbons (Fsp3) is 0.462. The largest absolute Gasteiger partial charge is 0.365 e. The molecule has 0 amide bonds. The molecular weight excluding hydrogens is 450 g/mol. The summed E-state index contributed by atoms with van der Waals surface area (Å²) in [5, 5.41) is 5.07. The highest BCUT2D eigenvalue weighted by molar-refractivity contribution is 7.80. The molecular formula is C26H34ClN5S. The topological polar surface area (TPSA) is 34.6 Å². The molecule has 2 aliphatic heterocycles. The number of benzene rings is 1. The Balaban J connectivity index is 1.80. The molecule has 2 aliphatic rings. The smallest absolute Gasteiger partial charge is 0.170 e. The molecule has 176 valence electrons. The highest BCUT2D eigenvalue weighted by Crippen LogP contribution is 2.46. The summed E-state index contributed by atoms with van der Waals surface area (Å²) in [4.78, 5) is 11.5. The van der Waals surface area contributed by atoms with Crippen LogP contribution in [0.5, 0.6) is 0 Å². The SMILES string of the molecule is CC1=CC(C)(C)N(C)c2cc(Cl)c([C@H]3[C@H](c4ccccn4)NC(=S)N3CCCN(C)C)cc21. The molecule has 3 heterocycles. The first-order chi connectivity index (χ1) is 15.6. The van der Waals surface area contributed by atoms with E-state index >= 15 is 0 Å². The number of thiocarbonyl (C=S) groups is 1. The number of pyridine rings is 1. The van der Waals surface area contributed by atoms with Gasteiger partial charge in [0.15, 0.2) is 5.11 Å². The number of halogens is 1. The lowest BCUT2D eigenvalue weighted by molar-refractivity contribution is 0.293. The molecule has 0 radical (unpaired) electrons. The third-order valence-corrected chi connectivity index (χ3v) is 7.54. The van der Waals surface area contributed by atoms with E-state index in [9.17, 15) is 0 Å². The van der Waals surface area contributed by atoms with Crippen molar-refractivity contribution in [2.24, 2.45) is 0 Å². The quantitative estimate of drug-likeness (QED) is 0.562. The van der Waals surface area contributed by atoms with Gasteiger partial charge >= 0.3 is 0 Å². The van der Waals surface area contributed by atoms with Gasteiger partial charge in [0.05, 0.1) is 23.3 Å². The van der Waals surface area contributed by atoms with Crippen LogP contribution in [0.2, 0.25) is 5.02 Å². The molecule has 0 saturated carbocycles. The molecule has 1 fully saturated rings. The van der Waals surface area contributed by atoms with Gasteiger partial charge in [-0.3, -0.25) is 4.98 Å². The molecule has 1 N–H and O–H groups in total. The number of nitrogens with zero attached hydrogens (tertiary/aromatic N) is 4. The monoisotopic (exact) mass is 483 g/mol. The van der Waals surface area contributed by atoms with Crippen LogP contribution < -0.4 is 10.2 Å². The first-order valence-electron chi connectivity index (χ1n) is 11.5. The molecule has 7 heteroatoms. The molecule has 0 aliphatic carbocycles. The standard InChI is InChI=1S/C26H34ClN5S/c1-17-16-26(2,3)31(6)22-15-20(27)19(14-18(17)22)24-23(21-10-7-8-11-28-21)29-25(33)32(24)13-9-12-30(4)5/h7-8,10-11,14-16,23-24H,9,12-13H2,1-6H3,(H,29,33)/t23-,24-/m0/s1. The number of aromatic nitrogens is 1. The molecule has 2 atom stereocenters. The van der Waals surface area contributed by atoms with Crippen molar-refractivity contribution in [1.82, 2.24) is 20.1 Å². The minimum atomic E-state index is -0.0624. The van der Waals surface area contributed by atoms with Crippen molar-refractivity contribution in [3.8, 4) is 0 Å². The van der Waals surface area contributed by atoms with E-state index in [2.05, 4.69) is 91.2 Å². The number of allylic oxidation sites excluding steroid dienone is 1. The van der Waals surface area contributed by atoms with Crippen molar-refractivity contribution in [3.63, 3.8) is 0 Å². The number of nitrogens with one attached hydrogen (secondary N) is 1. The van der Waals surface area contributed by atoms with E-state index < -0.39 is 0 Å². The predicted octanol–water partition coefficient (Wildman–Crippen LogP) is 5.29. The van der Waals surface area contributed by atoms with E-state index in [1.165, 1.54) is 11.1 Å². The van der Waals surface area contributed by atoms with Crippen molar-refractivity contribution in [1.29, 1.82) is 0 Å². The van der Waals surface area contributed by atoms with Crippen LogP contribution in [-0.2, 0) is 0 Å². The molecule has 0 unspecified atom stereocenters. The second-order valence-electron chi connectivity index (χ2n) is 9.91. The van der Waals surface area contributed by atoms with Crippen molar-refractivity contribution in [2.45, 2.75) is 44.8 Å². The maximum atomic E-state index is 7.03. The minimum Gasteiger partial charge on any atom is -0.365 e. The van der Waals surface area contributed by atoms with Crippen LogP contribution in [0, 0.1) is 0 Å². The van der Waals surface area contributed by atoms with E-state index in [1.54, 1.807) is 0 Å². The lowest BCUT2D eigenvalue weighted by Crippen LogP contribution is -2.42. The summed E-state index contributed by atoms with van der Waals surface area (Å²) >= 11 is 12.8. The van der Waals surface area contributed by atoms with Gasteiger partial charge < -0.3 is 20.0 Å². The summed E-state index contributed by atoms with van der Waals surface area (Å²) in [6.07, 6.45) is 5.18. The van der Waals surface area contributed by atoms with Gasteiger partial charge in [0, 0.05) is 36.1 Å². The maximum absolute atomic E-state index is 7.03. The van der Waals surface area contributed by atoms with Crippen LogP contribution in [-0.4, -0.2) is 59.7 Å². The van der Waals surface area contributed by atoms with Crippen molar-refractivity contribution >= 4 is 40.2 Å². The number of rotatable bonds is 6. The molecule has 1 aromatic carbocycles. The van der Waals surface area contributed by atoms with E-state index in [-0.39, 0.29) is 17.6 Å². The Morgan fingerprint density at radius 2 is 2.00 bits per heavy atom. The number of anilines is 1. The zero-order valence-electron chi connectivity index (χ0n) is 20.4. The predicted molar refractivity (Wildman–Crippen MR) is 143 cm³/mol. The zero-order valence-corrected chi connectivity index (χ0v) is 22.0. The molecule has 0 bridgehead atoms. The van der Waals surface area contributed by atoms with Crippen molar-refractivity contribution in [2.75, 3.05) is 39.1 Å². The summed E-state index contributed by atoms with van der Waals surface area (Å²) in [7, 11) is 6.33. The highest BCUT2D eigenvalue weighted by Gasteiger charge is 2.41. The lowest BCUT2D eigenvalue weighted by Gasteiger charge is -2.41. The Labute approximate surface area is 208 Å². The molecule has 2 aromatic rings. The van der Waals surface area contributed by atoms with Gasteiger partial charge in [0.2, 0.25) is 0 Å². The normalized spacial score (nSPS) is 21.8. The van der Waals surface area contributed by atoms with Crippen molar-refractivity contribution < 1.29 is 0 Å². The molecule has 5 nitrogen and oxygen atoms in total. The molecule has 0 spiro atoms. The third-order valence-electron chi connectivity index (χ3n) is 6.86. The van der Waals surface area contributed by atoms with Gasteiger partial charge in [0.25, 0.3) is 0 Å². The summed E-state index contributed by atoms with van der Waals surface area (Å²) < 4.78 is 0. The number of hydrogen-bond acceptors (Lipinski definition) is 4. The fourth-order valence-electron chi connectivity index (χ4n) is 4.96.